The third-order valence-corrected chi connectivity index (χ3v) is 4.67. The molecule has 0 saturated heterocycles. The zero-order valence-corrected chi connectivity index (χ0v) is 18.1. The lowest BCUT2D eigenvalue weighted by Gasteiger charge is -2.13. The SMILES string of the molecule is COc1ccc(NC(=O)COC(=O)Cc2cc(OC)c(OC)cc2Br)c(OC)c1. The lowest BCUT2D eigenvalue weighted by molar-refractivity contribution is -0.146. The van der Waals surface area contributed by atoms with Crippen LogP contribution in [-0.2, 0) is 20.7 Å². The van der Waals surface area contributed by atoms with Gasteiger partial charge in [0.2, 0.25) is 0 Å². The topological polar surface area (TPSA) is 92.3 Å². The predicted octanol–water partition coefficient (Wildman–Crippen LogP) is 3.21. The number of carbonyl (C=O) groups is 2. The van der Waals surface area contributed by atoms with Crippen molar-refractivity contribution < 1.29 is 33.3 Å². The van der Waals surface area contributed by atoms with Crippen LogP contribution in [0.2, 0.25) is 0 Å². The van der Waals surface area contributed by atoms with E-state index in [4.69, 9.17) is 23.7 Å². The Balaban J connectivity index is 1.95. The van der Waals surface area contributed by atoms with Crippen LogP contribution in [0.5, 0.6) is 23.0 Å². The zero-order valence-electron chi connectivity index (χ0n) is 16.5. The average molecular weight is 468 g/mol. The molecule has 2 aromatic rings. The minimum atomic E-state index is -0.560. The first kappa shape index (κ1) is 22.4. The van der Waals surface area contributed by atoms with E-state index in [0.29, 0.717) is 38.7 Å². The molecule has 0 unspecified atom stereocenters. The first-order valence-electron chi connectivity index (χ1n) is 8.49. The smallest absolute Gasteiger partial charge is 0.310 e. The Labute approximate surface area is 177 Å². The van der Waals surface area contributed by atoms with Crippen molar-refractivity contribution in [2.45, 2.75) is 6.42 Å². The van der Waals surface area contributed by atoms with Crippen LogP contribution in [0.3, 0.4) is 0 Å². The molecule has 0 aromatic heterocycles. The Bertz CT molecular complexity index is 885. The number of ether oxygens (including phenoxy) is 5. The minimum absolute atomic E-state index is 0.0416. The summed E-state index contributed by atoms with van der Waals surface area (Å²) < 4.78 is 26.5. The van der Waals surface area contributed by atoms with Crippen molar-refractivity contribution in [2.24, 2.45) is 0 Å². The van der Waals surface area contributed by atoms with Gasteiger partial charge in [0.05, 0.1) is 40.5 Å². The number of halogens is 1. The normalized spacial score (nSPS) is 10.1. The van der Waals surface area contributed by atoms with E-state index in [1.165, 1.54) is 28.4 Å². The summed E-state index contributed by atoms with van der Waals surface area (Å²) in [5.41, 5.74) is 1.09. The Hall–Kier alpha value is -2.94. The molecule has 29 heavy (non-hydrogen) atoms. The second-order valence-corrected chi connectivity index (χ2v) is 6.60. The maximum atomic E-state index is 12.1. The summed E-state index contributed by atoms with van der Waals surface area (Å²) in [5, 5.41) is 2.63. The van der Waals surface area contributed by atoms with E-state index in [0.717, 1.165) is 0 Å². The second kappa shape index (κ2) is 10.6. The second-order valence-electron chi connectivity index (χ2n) is 5.75. The Kier molecular flexibility index (Phi) is 8.14. The lowest BCUT2D eigenvalue weighted by Crippen LogP contribution is -2.22. The van der Waals surface area contributed by atoms with Gasteiger partial charge in [0, 0.05) is 10.5 Å². The Morgan fingerprint density at radius 3 is 2.17 bits per heavy atom. The zero-order chi connectivity index (χ0) is 21.4. The minimum Gasteiger partial charge on any atom is -0.497 e. The fourth-order valence-electron chi connectivity index (χ4n) is 2.47. The van der Waals surface area contributed by atoms with E-state index in [-0.39, 0.29) is 6.42 Å². The number of benzene rings is 2. The van der Waals surface area contributed by atoms with E-state index in [1.807, 2.05) is 0 Å². The lowest BCUT2D eigenvalue weighted by atomic mass is 10.1. The number of esters is 1. The Morgan fingerprint density at radius 2 is 1.55 bits per heavy atom. The quantitative estimate of drug-likeness (QED) is 0.565. The molecule has 0 bridgehead atoms. The van der Waals surface area contributed by atoms with Crippen molar-refractivity contribution in [1.82, 2.24) is 0 Å². The monoisotopic (exact) mass is 467 g/mol. The summed E-state index contributed by atoms with van der Waals surface area (Å²) in [7, 11) is 6.04. The average Bonchev–Trinajstić information content (AvgIpc) is 2.73. The molecule has 0 spiro atoms. The van der Waals surface area contributed by atoms with E-state index < -0.39 is 18.5 Å². The maximum Gasteiger partial charge on any atom is 0.310 e. The molecule has 0 atom stereocenters. The van der Waals surface area contributed by atoms with Crippen LogP contribution in [0.15, 0.2) is 34.8 Å². The van der Waals surface area contributed by atoms with E-state index >= 15 is 0 Å². The number of methoxy groups -OCH3 is 4. The van der Waals surface area contributed by atoms with Crippen molar-refractivity contribution in [3.05, 3.63) is 40.4 Å². The van der Waals surface area contributed by atoms with Gasteiger partial charge < -0.3 is 29.0 Å². The van der Waals surface area contributed by atoms with Gasteiger partial charge in [0.1, 0.15) is 11.5 Å². The summed E-state index contributed by atoms with van der Waals surface area (Å²) in [6.07, 6.45) is -0.0416. The van der Waals surface area contributed by atoms with Gasteiger partial charge in [-0.3, -0.25) is 9.59 Å². The number of anilines is 1. The van der Waals surface area contributed by atoms with Gasteiger partial charge in [-0.05, 0) is 29.8 Å². The highest BCUT2D eigenvalue weighted by Crippen LogP contribution is 2.33. The van der Waals surface area contributed by atoms with Crippen LogP contribution in [-0.4, -0.2) is 46.9 Å². The van der Waals surface area contributed by atoms with Crippen LogP contribution in [0.4, 0.5) is 5.69 Å². The van der Waals surface area contributed by atoms with Crippen molar-refractivity contribution in [2.75, 3.05) is 40.4 Å². The third kappa shape index (κ3) is 6.02. The van der Waals surface area contributed by atoms with Crippen molar-refractivity contribution >= 4 is 33.5 Å². The molecular weight excluding hydrogens is 446 g/mol. The van der Waals surface area contributed by atoms with Gasteiger partial charge >= 0.3 is 5.97 Å². The summed E-state index contributed by atoms with van der Waals surface area (Å²) in [5.74, 6) is 0.986. The number of amides is 1. The molecule has 156 valence electrons. The van der Waals surface area contributed by atoms with E-state index in [1.54, 1.807) is 30.3 Å². The van der Waals surface area contributed by atoms with Gasteiger partial charge in [0.25, 0.3) is 5.91 Å². The van der Waals surface area contributed by atoms with Gasteiger partial charge in [-0.1, -0.05) is 15.9 Å². The van der Waals surface area contributed by atoms with E-state index in [9.17, 15) is 9.59 Å². The fraction of sp³-hybridized carbons (Fsp3) is 0.300. The van der Waals surface area contributed by atoms with Crippen LogP contribution in [0.1, 0.15) is 5.56 Å². The molecule has 1 amide bonds. The molecular formula is C20H22BrNO7. The highest BCUT2D eigenvalue weighted by Gasteiger charge is 2.15. The molecule has 0 aliphatic heterocycles. The standard InChI is InChI=1S/C20H22BrNO7/c1-25-13-5-6-15(16(9-13)26-2)22-19(23)11-29-20(24)8-12-7-17(27-3)18(28-4)10-14(12)21/h5-7,9-10H,8,11H2,1-4H3,(H,22,23). The van der Waals surface area contributed by atoms with Gasteiger partial charge in [-0.25, -0.2) is 0 Å². The number of hydrogen-bond donors (Lipinski definition) is 1. The van der Waals surface area contributed by atoms with Gasteiger partial charge in [-0.2, -0.15) is 0 Å². The molecule has 0 fully saturated rings. The largest absolute Gasteiger partial charge is 0.497 e. The van der Waals surface area contributed by atoms with Gasteiger partial charge in [0.15, 0.2) is 18.1 Å². The first-order chi connectivity index (χ1) is 13.9. The molecule has 0 heterocycles. The highest BCUT2D eigenvalue weighted by atomic mass is 79.9. The molecule has 0 saturated carbocycles. The molecule has 0 aliphatic carbocycles. The molecule has 2 rings (SSSR count). The van der Waals surface area contributed by atoms with Crippen LogP contribution in [0, 0.1) is 0 Å². The summed E-state index contributed by atoms with van der Waals surface area (Å²) in [4.78, 5) is 24.3. The van der Waals surface area contributed by atoms with Crippen molar-refractivity contribution in [1.29, 1.82) is 0 Å². The number of nitrogens with one attached hydrogen (secondary N) is 1. The van der Waals surface area contributed by atoms with E-state index in [2.05, 4.69) is 21.2 Å². The number of rotatable bonds is 9. The van der Waals surface area contributed by atoms with Crippen LogP contribution in [0.25, 0.3) is 0 Å². The van der Waals surface area contributed by atoms with Crippen molar-refractivity contribution in [3.8, 4) is 23.0 Å². The van der Waals surface area contributed by atoms with Crippen LogP contribution < -0.4 is 24.3 Å². The molecule has 2 aromatic carbocycles. The molecule has 9 heteroatoms. The summed E-state index contributed by atoms with van der Waals surface area (Å²) >= 11 is 3.38. The number of hydrogen-bond acceptors (Lipinski definition) is 7. The molecule has 0 aliphatic rings. The van der Waals surface area contributed by atoms with Gasteiger partial charge in [-0.15, -0.1) is 0 Å². The molecule has 1 N–H and O–H groups in total. The predicted molar refractivity (Wildman–Crippen MR) is 110 cm³/mol. The third-order valence-electron chi connectivity index (χ3n) is 3.93. The van der Waals surface area contributed by atoms with Crippen LogP contribution >= 0.6 is 15.9 Å². The van der Waals surface area contributed by atoms with Crippen molar-refractivity contribution in [3.63, 3.8) is 0 Å². The molecule has 0 radical (unpaired) electrons. The fourth-order valence-corrected chi connectivity index (χ4v) is 2.93. The highest BCUT2D eigenvalue weighted by molar-refractivity contribution is 9.10. The maximum absolute atomic E-state index is 12.1. The summed E-state index contributed by atoms with van der Waals surface area (Å²) in [6, 6.07) is 8.32. The Morgan fingerprint density at radius 1 is 0.897 bits per heavy atom. The first-order valence-corrected chi connectivity index (χ1v) is 9.29. The molecule has 8 nitrogen and oxygen atoms in total. The number of carbonyl (C=O) groups excluding carboxylic acids is 2. The summed E-state index contributed by atoms with van der Waals surface area (Å²) in [6.45, 7) is -0.432.